The molecular weight excluding hydrogens is 528 g/mol. The molecule has 0 atom stereocenters. The Morgan fingerprint density at radius 2 is 1.82 bits per heavy atom. The van der Waals surface area contributed by atoms with Crippen molar-refractivity contribution in [3.63, 3.8) is 0 Å². The van der Waals surface area contributed by atoms with Gasteiger partial charge in [0.2, 0.25) is 5.91 Å². The van der Waals surface area contributed by atoms with Gasteiger partial charge in [0.25, 0.3) is 0 Å². The Kier molecular flexibility index (Phi) is 12.3. The number of thiophene rings is 1. The first kappa shape index (κ1) is 31.0. The first-order valence-electron chi connectivity index (χ1n) is 13.8. The summed E-state index contributed by atoms with van der Waals surface area (Å²) in [6, 6.07) is 11.8. The number of allylic oxidation sites excluding steroid dienone is 1. The molecular formula is C30H40N4O5S. The van der Waals surface area contributed by atoms with Crippen molar-refractivity contribution in [1.29, 1.82) is 5.26 Å². The monoisotopic (exact) mass is 568 g/mol. The van der Waals surface area contributed by atoms with Gasteiger partial charge in [-0.1, -0.05) is 13.8 Å². The van der Waals surface area contributed by atoms with E-state index in [4.69, 9.17) is 14.2 Å². The summed E-state index contributed by atoms with van der Waals surface area (Å²) in [5, 5.41) is 13.8. The predicted molar refractivity (Wildman–Crippen MR) is 159 cm³/mol. The van der Waals surface area contributed by atoms with E-state index in [-0.39, 0.29) is 30.8 Å². The molecule has 0 bridgehead atoms. The number of nitriles is 1. The summed E-state index contributed by atoms with van der Waals surface area (Å²) < 4.78 is 16.3. The summed E-state index contributed by atoms with van der Waals surface area (Å²) in [4.78, 5) is 29.8. The molecule has 1 saturated heterocycles. The number of piperidine rings is 1. The first-order valence-corrected chi connectivity index (χ1v) is 14.6. The minimum Gasteiger partial charge on any atom is -0.493 e. The van der Waals surface area contributed by atoms with E-state index in [2.05, 4.69) is 41.1 Å². The lowest BCUT2D eigenvalue weighted by Crippen LogP contribution is -2.37. The second-order valence-corrected chi connectivity index (χ2v) is 10.6. The van der Waals surface area contributed by atoms with Crippen LogP contribution in [0.15, 0.2) is 30.3 Å². The van der Waals surface area contributed by atoms with E-state index >= 15 is 0 Å². The molecule has 1 aliphatic rings. The Balaban J connectivity index is 1.45. The second kappa shape index (κ2) is 15.9. The van der Waals surface area contributed by atoms with Gasteiger partial charge in [0.1, 0.15) is 6.10 Å². The van der Waals surface area contributed by atoms with Crippen molar-refractivity contribution >= 4 is 39.9 Å². The topological polar surface area (TPSA) is 104 Å². The minimum absolute atomic E-state index is 0.0965. The van der Waals surface area contributed by atoms with Gasteiger partial charge < -0.3 is 29.3 Å². The van der Waals surface area contributed by atoms with Gasteiger partial charge in [0.05, 0.1) is 37.3 Å². The maximum absolute atomic E-state index is 12.3. The number of amides is 1. The third kappa shape index (κ3) is 9.00. The molecule has 0 saturated carbocycles. The molecule has 0 spiro atoms. The van der Waals surface area contributed by atoms with E-state index in [0.717, 1.165) is 61.0 Å². The Hall–Kier alpha value is -3.55. The predicted octanol–water partition coefficient (Wildman–Crippen LogP) is 4.58. The fourth-order valence-electron chi connectivity index (χ4n) is 4.55. The number of nitrogens with one attached hydrogen (secondary N) is 1. The number of anilines is 1. The maximum atomic E-state index is 12.3. The Morgan fingerprint density at radius 3 is 2.48 bits per heavy atom. The molecule has 0 aliphatic carbocycles. The SMILES string of the molecule is CCN(CC)CCNC(=O)CCC(=O)OC1CCN(c2ccc(/C=C(\C#N)c3ccc(OC)c(OC)c3)s2)CC1. The minimum atomic E-state index is -0.319. The van der Waals surface area contributed by atoms with Crippen LogP contribution in [0.5, 0.6) is 11.5 Å². The standard InChI is InChI=1S/C30H40N4O5S/c1-5-33(6-2)18-15-32-28(35)10-12-30(36)39-24-13-16-34(17-14-24)29-11-8-25(40-29)19-23(21-31)22-7-9-26(37-3)27(20-22)38-4/h7-9,11,19-20,24H,5-6,10,12-18H2,1-4H3,(H,32,35)/b23-19+. The van der Waals surface area contributed by atoms with Gasteiger partial charge in [0, 0.05) is 50.3 Å². The number of benzene rings is 1. The molecule has 0 radical (unpaired) electrons. The average Bonchev–Trinajstić information content (AvgIpc) is 3.45. The van der Waals surface area contributed by atoms with Crippen LogP contribution >= 0.6 is 11.3 Å². The molecule has 40 heavy (non-hydrogen) atoms. The van der Waals surface area contributed by atoms with Crippen LogP contribution in [-0.2, 0) is 14.3 Å². The molecule has 2 aromatic rings. The van der Waals surface area contributed by atoms with Gasteiger partial charge in [-0.15, -0.1) is 11.3 Å². The number of methoxy groups -OCH3 is 2. The van der Waals surface area contributed by atoms with E-state index in [1.807, 2.05) is 18.2 Å². The molecule has 1 fully saturated rings. The van der Waals surface area contributed by atoms with Crippen molar-refractivity contribution in [2.45, 2.75) is 45.6 Å². The Morgan fingerprint density at radius 1 is 1.10 bits per heavy atom. The molecule has 1 amide bonds. The number of carbonyl (C=O) groups is 2. The summed E-state index contributed by atoms with van der Waals surface area (Å²) >= 11 is 1.62. The highest BCUT2D eigenvalue weighted by molar-refractivity contribution is 7.17. The van der Waals surface area contributed by atoms with Crippen LogP contribution in [0.2, 0.25) is 0 Å². The zero-order valence-corrected chi connectivity index (χ0v) is 24.7. The molecule has 2 heterocycles. The molecule has 1 N–H and O–H groups in total. The number of carbonyl (C=O) groups excluding carboxylic acids is 2. The summed E-state index contributed by atoms with van der Waals surface area (Å²) in [6.07, 6.45) is 3.46. The third-order valence-electron chi connectivity index (χ3n) is 6.97. The van der Waals surface area contributed by atoms with Crippen molar-refractivity contribution in [3.8, 4) is 17.6 Å². The van der Waals surface area contributed by atoms with Gasteiger partial charge in [-0.2, -0.15) is 5.26 Å². The molecule has 10 heteroatoms. The van der Waals surface area contributed by atoms with Crippen molar-refractivity contribution in [2.75, 3.05) is 58.4 Å². The van der Waals surface area contributed by atoms with Crippen molar-refractivity contribution in [1.82, 2.24) is 10.2 Å². The Labute approximate surface area is 241 Å². The van der Waals surface area contributed by atoms with Crippen molar-refractivity contribution in [2.24, 2.45) is 0 Å². The van der Waals surface area contributed by atoms with Gasteiger partial charge in [-0.3, -0.25) is 9.59 Å². The van der Waals surface area contributed by atoms with Crippen LogP contribution in [0, 0.1) is 11.3 Å². The highest BCUT2D eigenvalue weighted by Crippen LogP contribution is 2.34. The second-order valence-electron chi connectivity index (χ2n) is 9.47. The van der Waals surface area contributed by atoms with Gasteiger partial charge in [-0.05, 0) is 55.1 Å². The van der Waals surface area contributed by atoms with Crippen LogP contribution < -0.4 is 19.7 Å². The van der Waals surface area contributed by atoms with E-state index in [0.29, 0.717) is 23.6 Å². The zero-order valence-electron chi connectivity index (χ0n) is 23.9. The number of likely N-dealkylation sites (N-methyl/N-ethyl adjacent to an activating group) is 1. The van der Waals surface area contributed by atoms with Crippen LogP contribution in [0.4, 0.5) is 5.00 Å². The third-order valence-corrected chi connectivity index (χ3v) is 8.06. The van der Waals surface area contributed by atoms with Crippen LogP contribution in [-0.4, -0.2) is 76.4 Å². The van der Waals surface area contributed by atoms with Gasteiger partial charge >= 0.3 is 5.97 Å². The molecule has 1 aliphatic heterocycles. The zero-order chi connectivity index (χ0) is 28.9. The van der Waals surface area contributed by atoms with E-state index in [1.165, 1.54) is 0 Å². The lowest BCUT2D eigenvalue weighted by Gasteiger charge is -2.32. The number of ether oxygens (including phenoxy) is 3. The summed E-state index contributed by atoms with van der Waals surface area (Å²) in [5.41, 5.74) is 1.30. The molecule has 1 aromatic heterocycles. The fourth-order valence-corrected chi connectivity index (χ4v) is 5.55. The molecule has 9 nitrogen and oxygen atoms in total. The van der Waals surface area contributed by atoms with Gasteiger partial charge in [0.15, 0.2) is 11.5 Å². The number of hydrogen-bond donors (Lipinski definition) is 1. The lowest BCUT2D eigenvalue weighted by molar-refractivity contribution is -0.151. The van der Waals surface area contributed by atoms with Crippen LogP contribution in [0.25, 0.3) is 11.6 Å². The summed E-state index contributed by atoms with van der Waals surface area (Å²) in [7, 11) is 3.15. The maximum Gasteiger partial charge on any atom is 0.306 e. The normalized spacial score (nSPS) is 14.1. The van der Waals surface area contributed by atoms with Crippen molar-refractivity contribution < 1.29 is 23.8 Å². The number of nitrogens with zero attached hydrogens (tertiary/aromatic N) is 3. The lowest BCUT2D eigenvalue weighted by atomic mass is 10.1. The highest BCUT2D eigenvalue weighted by atomic mass is 32.1. The number of hydrogen-bond acceptors (Lipinski definition) is 9. The quantitative estimate of drug-likeness (QED) is 0.261. The average molecular weight is 569 g/mol. The van der Waals surface area contributed by atoms with E-state index in [9.17, 15) is 14.9 Å². The summed E-state index contributed by atoms with van der Waals surface area (Å²) in [6.45, 7) is 9.02. The first-order chi connectivity index (χ1) is 19.4. The Bertz CT molecular complexity index is 1190. The van der Waals surface area contributed by atoms with Crippen molar-refractivity contribution in [3.05, 3.63) is 40.8 Å². The molecule has 3 rings (SSSR count). The van der Waals surface area contributed by atoms with E-state index < -0.39 is 0 Å². The molecule has 0 unspecified atom stereocenters. The van der Waals surface area contributed by atoms with Crippen LogP contribution in [0.1, 0.15) is 50.0 Å². The number of esters is 1. The highest BCUT2D eigenvalue weighted by Gasteiger charge is 2.23. The molecule has 216 valence electrons. The van der Waals surface area contributed by atoms with E-state index in [1.54, 1.807) is 37.7 Å². The largest absolute Gasteiger partial charge is 0.493 e. The summed E-state index contributed by atoms with van der Waals surface area (Å²) in [5.74, 6) is 0.751. The smallest absolute Gasteiger partial charge is 0.306 e. The molecule has 1 aromatic carbocycles. The van der Waals surface area contributed by atoms with Crippen LogP contribution in [0.3, 0.4) is 0 Å². The van der Waals surface area contributed by atoms with Gasteiger partial charge in [-0.25, -0.2) is 0 Å². The fraction of sp³-hybridized carbons (Fsp3) is 0.500. The number of rotatable bonds is 14.